The lowest BCUT2D eigenvalue weighted by Gasteiger charge is -2.30. The van der Waals surface area contributed by atoms with Crippen LogP contribution in [0.2, 0.25) is 0 Å². The first-order valence-electron chi connectivity index (χ1n) is 6.96. The Bertz CT molecular complexity index is 253. The highest BCUT2D eigenvalue weighted by molar-refractivity contribution is 5.79. The van der Waals surface area contributed by atoms with Gasteiger partial charge >= 0.3 is 0 Å². The summed E-state index contributed by atoms with van der Waals surface area (Å²) in [4.78, 5) is 12.1. The van der Waals surface area contributed by atoms with Crippen molar-refractivity contribution in [3.63, 3.8) is 0 Å². The topological polar surface area (TPSA) is 81.1 Å². The minimum atomic E-state index is 0.199. The Labute approximate surface area is 103 Å². The highest BCUT2D eigenvalue weighted by Gasteiger charge is 2.27. The fourth-order valence-corrected chi connectivity index (χ4v) is 2.96. The van der Waals surface area contributed by atoms with Gasteiger partial charge in [-0.05, 0) is 51.4 Å². The van der Waals surface area contributed by atoms with Crippen LogP contribution in [0.15, 0.2) is 0 Å². The van der Waals surface area contributed by atoms with Crippen molar-refractivity contribution in [2.45, 2.75) is 69.5 Å². The third-order valence-electron chi connectivity index (χ3n) is 4.26. The Morgan fingerprint density at radius 1 is 0.824 bits per heavy atom. The number of hydrogen-bond donors (Lipinski definition) is 3. The molecule has 0 spiro atoms. The van der Waals surface area contributed by atoms with E-state index in [9.17, 15) is 4.79 Å². The molecule has 2 rings (SSSR count). The molecule has 0 radical (unpaired) electrons. The van der Waals surface area contributed by atoms with Gasteiger partial charge in [0, 0.05) is 24.0 Å². The lowest BCUT2D eigenvalue weighted by Crippen LogP contribution is -2.44. The number of carbonyl (C=O) groups is 1. The first kappa shape index (κ1) is 12.8. The summed E-state index contributed by atoms with van der Waals surface area (Å²) in [7, 11) is 0. The van der Waals surface area contributed by atoms with Crippen molar-refractivity contribution in [2.75, 3.05) is 0 Å². The van der Waals surface area contributed by atoms with E-state index >= 15 is 0 Å². The van der Waals surface area contributed by atoms with E-state index in [4.69, 9.17) is 11.5 Å². The predicted molar refractivity (Wildman–Crippen MR) is 68.3 cm³/mol. The number of nitrogens with two attached hydrogens (primary N) is 2. The molecule has 5 N–H and O–H groups in total. The van der Waals surface area contributed by atoms with E-state index in [1.165, 1.54) is 0 Å². The molecule has 1 amide bonds. The van der Waals surface area contributed by atoms with Crippen LogP contribution in [-0.4, -0.2) is 24.0 Å². The maximum Gasteiger partial charge on any atom is 0.223 e. The van der Waals surface area contributed by atoms with E-state index < -0.39 is 0 Å². The van der Waals surface area contributed by atoms with Crippen LogP contribution in [-0.2, 0) is 4.79 Å². The van der Waals surface area contributed by atoms with Gasteiger partial charge in [-0.25, -0.2) is 0 Å². The second-order valence-corrected chi connectivity index (χ2v) is 5.73. The monoisotopic (exact) mass is 239 g/mol. The van der Waals surface area contributed by atoms with Crippen molar-refractivity contribution in [2.24, 2.45) is 17.4 Å². The average molecular weight is 239 g/mol. The van der Waals surface area contributed by atoms with Crippen molar-refractivity contribution in [3.8, 4) is 0 Å². The van der Waals surface area contributed by atoms with Gasteiger partial charge in [0.1, 0.15) is 0 Å². The van der Waals surface area contributed by atoms with Gasteiger partial charge in [-0.15, -0.1) is 0 Å². The van der Waals surface area contributed by atoms with Crippen LogP contribution in [0.1, 0.15) is 51.4 Å². The maximum absolute atomic E-state index is 12.1. The lowest BCUT2D eigenvalue weighted by atomic mass is 9.85. The first-order chi connectivity index (χ1) is 8.15. The fourth-order valence-electron chi connectivity index (χ4n) is 2.96. The number of rotatable bonds is 2. The van der Waals surface area contributed by atoms with Crippen LogP contribution >= 0.6 is 0 Å². The average Bonchev–Trinajstić information content (AvgIpc) is 2.33. The molecule has 0 heterocycles. The lowest BCUT2D eigenvalue weighted by molar-refractivity contribution is -0.127. The van der Waals surface area contributed by atoms with Crippen molar-refractivity contribution in [1.82, 2.24) is 5.32 Å². The number of amides is 1. The third-order valence-corrected chi connectivity index (χ3v) is 4.26. The summed E-state index contributed by atoms with van der Waals surface area (Å²) in [6.45, 7) is 0. The predicted octanol–water partition coefficient (Wildman–Crippen LogP) is 0.890. The molecule has 0 aliphatic heterocycles. The Morgan fingerprint density at radius 3 is 1.82 bits per heavy atom. The van der Waals surface area contributed by atoms with E-state index in [0.29, 0.717) is 18.1 Å². The molecule has 0 saturated heterocycles. The number of hydrogen-bond acceptors (Lipinski definition) is 3. The molecular formula is C13H25N3O. The quantitative estimate of drug-likeness (QED) is 0.669. The molecule has 17 heavy (non-hydrogen) atoms. The van der Waals surface area contributed by atoms with E-state index in [1.54, 1.807) is 0 Å². The van der Waals surface area contributed by atoms with Crippen molar-refractivity contribution in [1.29, 1.82) is 0 Å². The van der Waals surface area contributed by atoms with Crippen LogP contribution in [0.3, 0.4) is 0 Å². The summed E-state index contributed by atoms with van der Waals surface area (Å²) in [6.07, 6.45) is 8.07. The summed E-state index contributed by atoms with van der Waals surface area (Å²) in [5, 5.41) is 3.19. The first-order valence-corrected chi connectivity index (χ1v) is 6.96. The largest absolute Gasteiger partial charge is 0.353 e. The molecule has 0 unspecified atom stereocenters. The van der Waals surface area contributed by atoms with E-state index in [2.05, 4.69) is 5.32 Å². The Hall–Kier alpha value is -0.610. The Kier molecular flexibility index (Phi) is 4.40. The van der Waals surface area contributed by atoms with Gasteiger partial charge in [0.05, 0.1) is 0 Å². The highest BCUT2D eigenvalue weighted by atomic mass is 16.1. The second-order valence-electron chi connectivity index (χ2n) is 5.73. The smallest absolute Gasteiger partial charge is 0.223 e. The summed E-state index contributed by atoms with van der Waals surface area (Å²) in [6, 6.07) is 1.01. The summed E-state index contributed by atoms with van der Waals surface area (Å²) < 4.78 is 0. The van der Waals surface area contributed by atoms with Gasteiger partial charge in [-0.1, -0.05) is 0 Å². The number of nitrogens with one attached hydrogen (secondary N) is 1. The van der Waals surface area contributed by atoms with Gasteiger partial charge in [-0.2, -0.15) is 0 Å². The molecule has 0 atom stereocenters. The van der Waals surface area contributed by atoms with Gasteiger partial charge < -0.3 is 16.8 Å². The molecule has 0 aromatic heterocycles. The SMILES string of the molecule is N[C@H]1CC[C@H](NC(=O)[C@H]2CC[C@H](N)CC2)CC1. The van der Waals surface area contributed by atoms with Gasteiger partial charge in [0.15, 0.2) is 0 Å². The molecule has 98 valence electrons. The Morgan fingerprint density at radius 2 is 1.29 bits per heavy atom. The zero-order valence-corrected chi connectivity index (χ0v) is 10.5. The highest BCUT2D eigenvalue weighted by Crippen LogP contribution is 2.24. The fraction of sp³-hybridized carbons (Fsp3) is 0.923. The molecule has 2 saturated carbocycles. The third kappa shape index (κ3) is 3.68. The molecule has 2 aliphatic carbocycles. The van der Waals surface area contributed by atoms with Crippen molar-refractivity contribution >= 4 is 5.91 Å². The zero-order valence-electron chi connectivity index (χ0n) is 10.5. The molecular weight excluding hydrogens is 214 g/mol. The summed E-state index contributed by atoms with van der Waals surface area (Å²) in [5.74, 6) is 0.447. The maximum atomic E-state index is 12.1. The zero-order chi connectivity index (χ0) is 12.3. The van der Waals surface area contributed by atoms with E-state index in [1.807, 2.05) is 0 Å². The van der Waals surface area contributed by atoms with Gasteiger partial charge in [0.2, 0.25) is 5.91 Å². The van der Waals surface area contributed by atoms with Crippen molar-refractivity contribution in [3.05, 3.63) is 0 Å². The minimum Gasteiger partial charge on any atom is -0.353 e. The Balaban J connectivity index is 1.73. The van der Waals surface area contributed by atoms with Crippen LogP contribution in [0.25, 0.3) is 0 Å². The molecule has 4 nitrogen and oxygen atoms in total. The van der Waals surface area contributed by atoms with Crippen LogP contribution in [0.4, 0.5) is 0 Å². The standard InChI is InChI=1S/C13H25N3O/c14-10-3-1-9(2-4-10)13(17)16-12-7-5-11(15)6-8-12/h9-12H,1-8,14-15H2,(H,16,17)/t9-,10-,11-,12-. The summed E-state index contributed by atoms with van der Waals surface area (Å²) >= 11 is 0. The molecule has 0 bridgehead atoms. The number of carbonyl (C=O) groups excluding carboxylic acids is 1. The van der Waals surface area contributed by atoms with Crippen LogP contribution < -0.4 is 16.8 Å². The van der Waals surface area contributed by atoms with Gasteiger partial charge in [-0.3, -0.25) is 4.79 Å². The molecule has 2 fully saturated rings. The van der Waals surface area contributed by atoms with Crippen LogP contribution in [0.5, 0.6) is 0 Å². The molecule has 0 aromatic carbocycles. The van der Waals surface area contributed by atoms with Gasteiger partial charge in [0.25, 0.3) is 0 Å². The normalized spacial score (nSPS) is 38.7. The second kappa shape index (κ2) is 5.83. The minimum absolute atomic E-state index is 0.199. The molecule has 2 aliphatic rings. The van der Waals surface area contributed by atoms with Crippen molar-refractivity contribution < 1.29 is 4.79 Å². The molecule has 4 heteroatoms. The van der Waals surface area contributed by atoms with E-state index in [0.717, 1.165) is 51.4 Å². The van der Waals surface area contributed by atoms with E-state index in [-0.39, 0.29) is 11.8 Å². The summed E-state index contributed by atoms with van der Waals surface area (Å²) in [5.41, 5.74) is 11.7. The molecule has 0 aromatic rings. The van der Waals surface area contributed by atoms with Crippen LogP contribution in [0, 0.1) is 5.92 Å².